The summed E-state index contributed by atoms with van der Waals surface area (Å²) in [7, 11) is 0. The zero-order valence-corrected chi connectivity index (χ0v) is 10.5. The van der Waals surface area contributed by atoms with Gasteiger partial charge in [0.25, 0.3) is 0 Å². The van der Waals surface area contributed by atoms with Gasteiger partial charge >= 0.3 is 57.2 Å². The molecule has 0 radical (unpaired) electrons. The van der Waals surface area contributed by atoms with Gasteiger partial charge in [0, 0.05) is 0 Å². The van der Waals surface area contributed by atoms with Crippen LogP contribution in [0.3, 0.4) is 0 Å². The van der Waals surface area contributed by atoms with E-state index >= 15 is 0 Å². The summed E-state index contributed by atoms with van der Waals surface area (Å²) >= 11 is 0. The molecule has 0 rings (SSSR count). The molecule has 0 aliphatic heterocycles. The van der Waals surface area contributed by atoms with Crippen LogP contribution < -0.4 is 34.0 Å². The van der Waals surface area contributed by atoms with Crippen LogP contribution in [0, 0.1) is 0 Å². The molecule has 0 nitrogen and oxygen atoms in total. The SMILES string of the molecule is [Br-].[Br-].[Ca+2].[Zn+2]. The van der Waals surface area contributed by atoms with Crippen molar-refractivity contribution in [1.82, 2.24) is 0 Å². The summed E-state index contributed by atoms with van der Waals surface area (Å²) in [5.74, 6) is 0. The van der Waals surface area contributed by atoms with Gasteiger partial charge in [0.2, 0.25) is 0 Å². The molecule has 0 aromatic heterocycles. The molecule has 0 amide bonds. The Bertz CT molecular complexity index is 6.00. The number of rotatable bonds is 0. The summed E-state index contributed by atoms with van der Waals surface area (Å²) in [6.45, 7) is 0. The first-order chi connectivity index (χ1) is 0. The Morgan fingerprint density at radius 2 is 0.750 bits per heavy atom. The number of hydrogen-bond acceptors (Lipinski definition) is 0. The van der Waals surface area contributed by atoms with E-state index in [1.165, 1.54) is 0 Å². The molecule has 16 valence electrons. The van der Waals surface area contributed by atoms with Crippen molar-refractivity contribution in [1.29, 1.82) is 0 Å². The van der Waals surface area contributed by atoms with Gasteiger partial charge in [0.15, 0.2) is 0 Å². The first-order valence-corrected chi connectivity index (χ1v) is 0. The van der Waals surface area contributed by atoms with Gasteiger partial charge in [0.1, 0.15) is 0 Å². The maximum atomic E-state index is 0. The Morgan fingerprint density at radius 1 is 0.750 bits per heavy atom. The Kier molecular flexibility index (Phi) is 123. The van der Waals surface area contributed by atoms with Crippen molar-refractivity contribution in [3.63, 3.8) is 0 Å². The third-order valence-corrected chi connectivity index (χ3v) is 0. The van der Waals surface area contributed by atoms with Crippen LogP contribution in [-0.4, -0.2) is 37.7 Å². The summed E-state index contributed by atoms with van der Waals surface area (Å²) < 4.78 is 0. The predicted molar refractivity (Wildman–Crippen MR) is 5.75 cm³/mol. The zero-order valence-electron chi connectivity index (χ0n) is 2.17. The summed E-state index contributed by atoms with van der Waals surface area (Å²) in [6, 6.07) is 0. The van der Waals surface area contributed by atoms with Crippen molar-refractivity contribution >= 4 is 37.7 Å². The van der Waals surface area contributed by atoms with Crippen LogP contribution in [0.4, 0.5) is 0 Å². The van der Waals surface area contributed by atoms with Crippen molar-refractivity contribution in [2.45, 2.75) is 0 Å². The molecular weight excluding hydrogens is 265 g/mol. The van der Waals surface area contributed by atoms with Crippen LogP contribution in [0.5, 0.6) is 0 Å². The quantitative estimate of drug-likeness (QED) is 0.382. The summed E-state index contributed by atoms with van der Waals surface area (Å²) in [5, 5.41) is 0. The van der Waals surface area contributed by atoms with E-state index in [-0.39, 0.29) is 91.2 Å². The molecule has 0 saturated carbocycles. The number of halogens is 2. The van der Waals surface area contributed by atoms with E-state index in [9.17, 15) is 0 Å². The molecule has 0 unspecified atom stereocenters. The van der Waals surface area contributed by atoms with Crippen molar-refractivity contribution < 1.29 is 53.4 Å². The first-order valence-electron chi connectivity index (χ1n) is 0. The largest absolute Gasteiger partial charge is 2.00 e. The molecule has 4 heteroatoms. The smallest absolute Gasteiger partial charge is 1.00 e. The second-order valence-corrected chi connectivity index (χ2v) is 0. The minimum Gasteiger partial charge on any atom is -1.00 e. The molecule has 0 aliphatic carbocycles. The first kappa shape index (κ1) is 28.9. The fourth-order valence-electron chi connectivity index (χ4n) is 0. The van der Waals surface area contributed by atoms with E-state index in [0.717, 1.165) is 0 Å². The predicted octanol–water partition coefficient (Wildman–Crippen LogP) is -6.38. The minimum absolute atomic E-state index is 0. The van der Waals surface area contributed by atoms with Gasteiger partial charge in [-0.05, 0) is 0 Å². The van der Waals surface area contributed by atoms with Gasteiger partial charge in [-0.3, -0.25) is 0 Å². The average Bonchev–Trinajstić information content (AvgIpc) is 0. The van der Waals surface area contributed by atoms with Crippen molar-refractivity contribution in [2.75, 3.05) is 0 Å². The third kappa shape index (κ3) is 8.85. The van der Waals surface area contributed by atoms with Crippen molar-refractivity contribution in [3.05, 3.63) is 0 Å². The third-order valence-electron chi connectivity index (χ3n) is 0. The summed E-state index contributed by atoms with van der Waals surface area (Å²) in [6.07, 6.45) is 0. The van der Waals surface area contributed by atoms with Gasteiger partial charge in [0.05, 0.1) is 0 Å². The fraction of sp³-hybridized carbons (Fsp3) is 0. The van der Waals surface area contributed by atoms with Gasteiger partial charge in [-0.2, -0.15) is 0 Å². The van der Waals surface area contributed by atoms with E-state index < -0.39 is 0 Å². The van der Waals surface area contributed by atoms with E-state index in [2.05, 4.69) is 0 Å². The molecule has 0 spiro atoms. The van der Waals surface area contributed by atoms with E-state index in [4.69, 9.17) is 0 Å². The molecular formula is Br2CaZn+2. The molecule has 0 saturated heterocycles. The zero-order chi connectivity index (χ0) is 0. The molecule has 0 aliphatic rings. The Hall–Kier alpha value is 2.84. The molecule has 0 aromatic carbocycles. The van der Waals surface area contributed by atoms with Crippen LogP contribution >= 0.6 is 0 Å². The van der Waals surface area contributed by atoms with Crippen LogP contribution in [0.1, 0.15) is 0 Å². The Balaban J connectivity index is 0. The van der Waals surface area contributed by atoms with Crippen LogP contribution in [0.15, 0.2) is 0 Å². The summed E-state index contributed by atoms with van der Waals surface area (Å²) in [4.78, 5) is 0. The number of hydrogen-bond donors (Lipinski definition) is 0. The fourth-order valence-corrected chi connectivity index (χ4v) is 0. The van der Waals surface area contributed by atoms with E-state index in [0.29, 0.717) is 0 Å². The van der Waals surface area contributed by atoms with Crippen molar-refractivity contribution in [2.24, 2.45) is 0 Å². The van der Waals surface area contributed by atoms with Crippen LogP contribution in [0.2, 0.25) is 0 Å². The topological polar surface area (TPSA) is 0 Å². The van der Waals surface area contributed by atoms with E-state index in [1.807, 2.05) is 0 Å². The van der Waals surface area contributed by atoms with Gasteiger partial charge in [-0.1, -0.05) is 0 Å². The molecule has 0 fully saturated rings. The van der Waals surface area contributed by atoms with Gasteiger partial charge < -0.3 is 34.0 Å². The maximum absolute atomic E-state index is 0. The molecule has 0 atom stereocenters. The normalized spacial score (nSPS) is 0. The summed E-state index contributed by atoms with van der Waals surface area (Å²) in [5.41, 5.74) is 0. The second-order valence-electron chi connectivity index (χ2n) is 0. The monoisotopic (exact) mass is 262 g/mol. The minimum atomic E-state index is 0. The van der Waals surface area contributed by atoms with Gasteiger partial charge in [-0.25, -0.2) is 0 Å². The van der Waals surface area contributed by atoms with E-state index in [1.54, 1.807) is 0 Å². The molecule has 4 heavy (non-hydrogen) atoms. The molecule has 0 bridgehead atoms. The molecule has 0 heterocycles. The Labute approximate surface area is 89.4 Å². The maximum Gasteiger partial charge on any atom is 2.00 e. The Morgan fingerprint density at radius 3 is 0.750 bits per heavy atom. The second kappa shape index (κ2) is 17.0. The molecule has 0 N–H and O–H groups in total. The molecule has 0 aromatic rings. The van der Waals surface area contributed by atoms with Crippen LogP contribution in [-0.2, 0) is 19.5 Å². The van der Waals surface area contributed by atoms with Crippen LogP contribution in [0.25, 0.3) is 0 Å². The average molecular weight is 265 g/mol. The van der Waals surface area contributed by atoms with Crippen molar-refractivity contribution in [3.8, 4) is 0 Å². The standard InChI is InChI=1S/2BrH.Ca.Zn/h2*1H;;/q;;2*+2/p-2. The van der Waals surface area contributed by atoms with Gasteiger partial charge in [-0.15, -0.1) is 0 Å².